The lowest BCUT2D eigenvalue weighted by Gasteiger charge is -2.19. The molecule has 0 saturated heterocycles. The van der Waals surface area contributed by atoms with Crippen molar-refractivity contribution in [3.63, 3.8) is 0 Å². The predicted molar refractivity (Wildman–Crippen MR) is 112 cm³/mol. The number of aliphatic hydroxyl groups excluding tert-OH is 2. The van der Waals surface area contributed by atoms with Crippen molar-refractivity contribution in [1.29, 1.82) is 0 Å². The molecule has 2 atom stereocenters. The van der Waals surface area contributed by atoms with Crippen LogP contribution in [0.4, 0.5) is 14.7 Å². The molecule has 0 radical (unpaired) electrons. The maximum Gasteiger partial charge on any atom is 0.413 e. The monoisotopic (exact) mass is 437 g/mol. The normalized spacial score (nSPS) is 13.2. The summed E-state index contributed by atoms with van der Waals surface area (Å²) in [7, 11) is 0. The minimum atomic E-state index is -1.21. The number of rotatable bonds is 8. The minimum absolute atomic E-state index is 0.105. The maximum absolute atomic E-state index is 11.8. The molecular weight excluding hydrogens is 410 g/mol. The molecule has 2 aromatic rings. The highest BCUT2D eigenvalue weighted by molar-refractivity contribution is 7.15. The molecule has 1 aromatic carbocycles. The zero-order chi connectivity index (χ0) is 22.1. The molecule has 0 bridgehead atoms. The number of aliphatic hydroxyl groups is 2. The van der Waals surface area contributed by atoms with Crippen molar-refractivity contribution in [2.24, 2.45) is 0 Å². The van der Waals surface area contributed by atoms with E-state index < -0.39 is 30.0 Å². The molecule has 10 heteroatoms. The molecule has 9 nitrogen and oxygen atoms in total. The molecule has 4 N–H and O–H groups in total. The van der Waals surface area contributed by atoms with Crippen molar-refractivity contribution in [3.05, 3.63) is 47.0 Å². The molecule has 2 amide bonds. The average Bonchev–Trinajstić information content (AvgIpc) is 3.13. The molecule has 0 aliphatic carbocycles. The summed E-state index contributed by atoms with van der Waals surface area (Å²) in [4.78, 5) is 27.8. The molecule has 0 spiro atoms. The fourth-order valence-electron chi connectivity index (χ4n) is 2.32. The minimum Gasteiger partial charge on any atom is -0.445 e. The zero-order valence-corrected chi connectivity index (χ0v) is 17.9. The second-order valence-corrected chi connectivity index (χ2v) is 8.55. The maximum atomic E-state index is 11.8. The highest BCUT2D eigenvalue weighted by Crippen LogP contribution is 2.27. The molecule has 0 fully saturated rings. The fourth-order valence-corrected chi connectivity index (χ4v) is 3.16. The van der Waals surface area contributed by atoms with Crippen molar-refractivity contribution in [3.8, 4) is 0 Å². The van der Waals surface area contributed by atoms with E-state index in [9.17, 15) is 19.8 Å². The van der Waals surface area contributed by atoms with Gasteiger partial charge in [0.05, 0.1) is 11.0 Å². The summed E-state index contributed by atoms with van der Waals surface area (Å²) in [5, 5.41) is 25.7. The van der Waals surface area contributed by atoms with E-state index in [2.05, 4.69) is 15.6 Å². The zero-order valence-electron chi connectivity index (χ0n) is 17.1. The van der Waals surface area contributed by atoms with Crippen LogP contribution in [0.3, 0.4) is 0 Å². The van der Waals surface area contributed by atoms with Gasteiger partial charge in [-0.3, -0.25) is 5.32 Å². The third kappa shape index (κ3) is 8.36. The van der Waals surface area contributed by atoms with Gasteiger partial charge in [-0.2, -0.15) is 0 Å². The number of nitrogens with zero attached hydrogens (tertiary/aromatic N) is 1. The number of nitrogens with one attached hydrogen (secondary N) is 2. The van der Waals surface area contributed by atoms with Gasteiger partial charge in [0.25, 0.3) is 0 Å². The summed E-state index contributed by atoms with van der Waals surface area (Å²) >= 11 is 1.02. The van der Waals surface area contributed by atoms with Gasteiger partial charge in [0.2, 0.25) is 0 Å². The SMILES string of the molecule is CC(C)(C)OC(=O)Nc1ncc(C(O)C(O)CCNC(=O)OCc2ccccc2)s1. The van der Waals surface area contributed by atoms with Gasteiger partial charge in [0.15, 0.2) is 5.13 Å². The van der Waals surface area contributed by atoms with Crippen LogP contribution in [0.15, 0.2) is 36.5 Å². The molecule has 0 aliphatic heterocycles. The topological polar surface area (TPSA) is 130 Å². The lowest BCUT2D eigenvalue weighted by atomic mass is 10.1. The van der Waals surface area contributed by atoms with Crippen molar-refractivity contribution < 1.29 is 29.3 Å². The third-order valence-corrected chi connectivity index (χ3v) is 4.69. The second kappa shape index (κ2) is 10.9. The number of carbonyl (C=O) groups excluding carboxylic acids is 2. The molecule has 1 heterocycles. The first-order valence-corrected chi connectivity index (χ1v) is 10.2. The van der Waals surface area contributed by atoms with E-state index >= 15 is 0 Å². The Labute approximate surface area is 179 Å². The summed E-state index contributed by atoms with van der Waals surface area (Å²) in [6.45, 7) is 5.49. The van der Waals surface area contributed by atoms with Crippen LogP contribution in [0.2, 0.25) is 0 Å². The fraction of sp³-hybridized carbons (Fsp3) is 0.450. The van der Waals surface area contributed by atoms with Gasteiger partial charge in [-0.15, -0.1) is 0 Å². The number of carbonyl (C=O) groups is 2. The Morgan fingerprint density at radius 1 is 1.17 bits per heavy atom. The van der Waals surface area contributed by atoms with Crippen molar-refractivity contribution >= 4 is 28.7 Å². The molecule has 30 heavy (non-hydrogen) atoms. The van der Waals surface area contributed by atoms with Crippen molar-refractivity contribution in [1.82, 2.24) is 10.3 Å². The molecule has 164 valence electrons. The first-order chi connectivity index (χ1) is 14.1. The number of thiazole rings is 1. The summed E-state index contributed by atoms with van der Waals surface area (Å²) in [6.07, 6.45) is -2.13. The van der Waals surface area contributed by atoms with E-state index in [1.54, 1.807) is 20.8 Å². The van der Waals surface area contributed by atoms with E-state index in [1.165, 1.54) is 6.20 Å². The second-order valence-electron chi connectivity index (χ2n) is 7.48. The van der Waals surface area contributed by atoms with E-state index in [0.717, 1.165) is 16.9 Å². The van der Waals surface area contributed by atoms with Crippen LogP contribution in [0, 0.1) is 0 Å². The quantitative estimate of drug-likeness (QED) is 0.499. The van der Waals surface area contributed by atoms with E-state index in [1.807, 2.05) is 30.3 Å². The van der Waals surface area contributed by atoms with Gasteiger partial charge >= 0.3 is 12.2 Å². The summed E-state index contributed by atoms with van der Waals surface area (Å²) in [5.41, 5.74) is 0.221. The number of ether oxygens (including phenoxy) is 2. The van der Waals surface area contributed by atoms with Gasteiger partial charge in [0, 0.05) is 12.7 Å². The van der Waals surface area contributed by atoms with Crippen LogP contribution in [0.5, 0.6) is 0 Å². The largest absolute Gasteiger partial charge is 0.445 e. The lowest BCUT2D eigenvalue weighted by Crippen LogP contribution is -2.29. The smallest absolute Gasteiger partial charge is 0.413 e. The van der Waals surface area contributed by atoms with Gasteiger partial charge in [-0.1, -0.05) is 41.7 Å². The van der Waals surface area contributed by atoms with Crippen LogP contribution < -0.4 is 10.6 Å². The standard InChI is InChI=1S/C20H27N3O6S/c1-20(2,3)29-19(27)23-17-22-11-15(30-17)16(25)14(24)9-10-21-18(26)28-12-13-7-5-4-6-8-13/h4-8,11,14,16,24-25H,9-10,12H2,1-3H3,(H,21,26)(H,22,23,27). The Bertz CT molecular complexity index is 821. The Morgan fingerprint density at radius 2 is 1.87 bits per heavy atom. The molecule has 0 aliphatic rings. The first-order valence-electron chi connectivity index (χ1n) is 9.40. The Hall–Kier alpha value is -2.69. The number of hydrogen-bond donors (Lipinski definition) is 4. The Morgan fingerprint density at radius 3 is 2.53 bits per heavy atom. The van der Waals surface area contributed by atoms with E-state index in [0.29, 0.717) is 4.88 Å². The Kier molecular flexibility index (Phi) is 8.58. The lowest BCUT2D eigenvalue weighted by molar-refractivity contribution is 0.0156. The number of benzene rings is 1. The Balaban J connectivity index is 1.72. The summed E-state index contributed by atoms with van der Waals surface area (Å²) < 4.78 is 10.2. The molecular formula is C20H27N3O6S. The highest BCUT2D eigenvalue weighted by Gasteiger charge is 2.22. The van der Waals surface area contributed by atoms with E-state index in [4.69, 9.17) is 9.47 Å². The summed E-state index contributed by atoms with van der Waals surface area (Å²) in [5.74, 6) is 0. The van der Waals surface area contributed by atoms with Gasteiger partial charge in [-0.05, 0) is 32.8 Å². The van der Waals surface area contributed by atoms with Crippen LogP contribution in [0.25, 0.3) is 0 Å². The predicted octanol–water partition coefficient (Wildman–Crippen LogP) is 3.20. The number of amides is 2. The van der Waals surface area contributed by atoms with Crippen LogP contribution in [-0.2, 0) is 16.1 Å². The summed E-state index contributed by atoms with van der Waals surface area (Å²) in [6, 6.07) is 9.25. The first kappa shape index (κ1) is 23.6. The van der Waals surface area contributed by atoms with Crippen LogP contribution in [-0.4, -0.2) is 45.6 Å². The van der Waals surface area contributed by atoms with Crippen molar-refractivity contribution in [2.75, 3.05) is 11.9 Å². The van der Waals surface area contributed by atoms with Crippen LogP contribution in [0.1, 0.15) is 43.7 Å². The van der Waals surface area contributed by atoms with E-state index in [-0.39, 0.29) is 24.7 Å². The molecule has 2 rings (SSSR count). The highest BCUT2D eigenvalue weighted by atomic mass is 32.1. The number of alkyl carbamates (subject to hydrolysis) is 1. The van der Waals surface area contributed by atoms with Gasteiger partial charge < -0.3 is 25.0 Å². The van der Waals surface area contributed by atoms with Crippen molar-refractivity contribution in [2.45, 2.75) is 51.6 Å². The number of aromatic nitrogens is 1. The molecule has 0 saturated carbocycles. The number of hydrogen-bond acceptors (Lipinski definition) is 8. The number of anilines is 1. The van der Waals surface area contributed by atoms with Crippen LogP contribution >= 0.6 is 11.3 Å². The van der Waals surface area contributed by atoms with Gasteiger partial charge in [-0.25, -0.2) is 14.6 Å². The third-order valence-electron chi connectivity index (χ3n) is 3.71. The molecule has 1 aromatic heterocycles. The molecule has 2 unspecified atom stereocenters. The van der Waals surface area contributed by atoms with Gasteiger partial charge in [0.1, 0.15) is 18.3 Å². The average molecular weight is 438 g/mol.